The Balaban J connectivity index is 1.92. The van der Waals surface area contributed by atoms with Crippen LogP contribution >= 0.6 is 0 Å². The molecule has 1 saturated carbocycles. The van der Waals surface area contributed by atoms with Gasteiger partial charge in [-0.05, 0) is 63.6 Å². The summed E-state index contributed by atoms with van der Waals surface area (Å²) in [5.41, 5.74) is 2.48. The van der Waals surface area contributed by atoms with Gasteiger partial charge in [0.1, 0.15) is 12.3 Å². The average molecular weight is 444 g/mol. The fourth-order valence-corrected chi connectivity index (χ4v) is 4.09. The molecule has 2 N–H and O–H groups in total. The van der Waals surface area contributed by atoms with Gasteiger partial charge in [0.05, 0.1) is 11.4 Å². The first-order chi connectivity index (χ1) is 15.1. The second-order valence-electron chi connectivity index (χ2n) is 9.18. The van der Waals surface area contributed by atoms with E-state index in [4.69, 9.17) is 0 Å². The van der Waals surface area contributed by atoms with Gasteiger partial charge in [-0.1, -0.05) is 12.1 Å². The third kappa shape index (κ3) is 5.64. The topological polar surface area (TPSA) is 61.4 Å². The highest BCUT2D eigenvalue weighted by molar-refractivity contribution is 5.99. The van der Waals surface area contributed by atoms with Crippen LogP contribution in [0.5, 0.6) is 0 Å². The van der Waals surface area contributed by atoms with Gasteiger partial charge < -0.3 is 10.6 Å². The van der Waals surface area contributed by atoms with Crippen LogP contribution in [0.15, 0.2) is 42.5 Å². The number of benzene rings is 2. The van der Waals surface area contributed by atoms with Gasteiger partial charge in [-0.25, -0.2) is 8.78 Å². The van der Waals surface area contributed by atoms with Crippen molar-refractivity contribution in [3.8, 4) is 0 Å². The highest BCUT2D eigenvalue weighted by Crippen LogP contribution is 2.36. The summed E-state index contributed by atoms with van der Waals surface area (Å²) in [4.78, 5) is 26.3. The number of amides is 2. The molecule has 1 unspecified atom stereocenters. The van der Waals surface area contributed by atoms with Gasteiger partial charge in [-0.3, -0.25) is 14.5 Å². The maximum absolute atomic E-state index is 13.5. The van der Waals surface area contributed by atoms with Crippen LogP contribution in [0.1, 0.15) is 56.5 Å². The predicted octanol–water partition coefficient (Wildman–Crippen LogP) is 5.32. The maximum atomic E-state index is 13.5. The van der Waals surface area contributed by atoms with E-state index in [0.717, 1.165) is 5.56 Å². The van der Waals surface area contributed by atoms with Gasteiger partial charge in [-0.15, -0.1) is 0 Å². The van der Waals surface area contributed by atoms with E-state index in [2.05, 4.69) is 10.6 Å². The summed E-state index contributed by atoms with van der Waals surface area (Å²) in [6, 6.07) is 12.3. The van der Waals surface area contributed by atoms with Crippen molar-refractivity contribution in [1.29, 1.82) is 0 Å². The Morgan fingerprint density at radius 1 is 1.22 bits per heavy atom. The molecule has 3 rings (SSSR count). The van der Waals surface area contributed by atoms with Crippen LogP contribution in [0.25, 0.3) is 0 Å². The molecular weight excluding hydrogens is 412 g/mol. The van der Waals surface area contributed by atoms with Crippen molar-refractivity contribution in [3.63, 3.8) is 0 Å². The molecule has 0 heterocycles. The summed E-state index contributed by atoms with van der Waals surface area (Å²) in [5, 5.41) is 6.21. The zero-order chi connectivity index (χ0) is 23.5. The smallest absolute Gasteiger partial charge is 0.251 e. The average Bonchev–Trinajstić information content (AvgIpc) is 2.67. The lowest BCUT2D eigenvalue weighted by Gasteiger charge is -2.41. The van der Waals surface area contributed by atoms with Crippen molar-refractivity contribution < 1.29 is 18.4 Å². The van der Waals surface area contributed by atoms with Crippen LogP contribution in [0.2, 0.25) is 0 Å². The Hall–Kier alpha value is -2.96. The van der Waals surface area contributed by atoms with Crippen molar-refractivity contribution in [3.05, 3.63) is 53.6 Å². The second kappa shape index (κ2) is 9.67. The van der Waals surface area contributed by atoms with Crippen LogP contribution in [0.4, 0.5) is 25.8 Å². The Morgan fingerprint density at radius 2 is 1.94 bits per heavy atom. The summed E-state index contributed by atoms with van der Waals surface area (Å²) in [6.45, 7) is 7.25. The van der Waals surface area contributed by atoms with Crippen molar-refractivity contribution in [2.24, 2.45) is 0 Å². The standard InChI is InChI=1S/C25H31F2N3O2/c1-16(2)28-22-12-19(24(32)29-25(4)13-20(27)14-25)8-9-23(22)30(15-31)21-7-5-6-18(11-21)10-17(3)26/h5-9,11-12,15-17,20,28H,10,13-14H2,1-4H3,(H,29,32). The van der Waals surface area contributed by atoms with Gasteiger partial charge in [-0.2, -0.15) is 0 Å². The molecule has 0 aliphatic heterocycles. The summed E-state index contributed by atoms with van der Waals surface area (Å²) >= 11 is 0. The number of anilines is 3. The number of halogens is 2. The predicted molar refractivity (Wildman–Crippen MR) is 124 cm³/mol. The molecule has 32 heavy (non-hydrogen) atoms. The number of rotatable bonds is 9. The van der Waals surface area contributed by atoms with E-state index in [1.165, 1.54) is 11.8 Å². The fourth-order valence-electron chi connectivity index (χ4n) is 4.09. The number of hydrogen-bond donors (Lipinski definition) is 2. The van der Waals surface area contributed by atoms with Crippen LogP contribution < -0.4 is 15.5 Å². The minimum atomic E-state index is -0.990. The van der Waals surface area contributed by atoms with Crippen LogP contribution in [-0.4, -0.2) is 36.2 Å². The molecule has 0 bridgehead atoms. The summed E-state index contributed by atoms with van der Waals surface area (Å²) in [7, 11) is 0. The van der Waals surface area contributed by atoms with E-state index in [9.17, 15) is 18.4 Å². The zero-order valence-electron chi connectivity index (χ0n) is 19.0. The first kappa shape index (κ1) is 23.7. The normalized spacial score (nSPS) is 20.9. The minimum Gasteiger partial charge on any atom is -0.381 e. The molecule has 2 aromatic rings. The van der Waals surface area contributed by atoms with Crippen molar-refractivity contribution >= 4 is 29.4 Å². The van der Waals surface area contributed by atoms with Crippen molar-refractivity contribution in [2.45, 2.75) is 70.9 Å². The first-order valence-corrected chi connectivity index (χ1v) is 10.9. The monoisotopic (exact) mass is 443 g/mol. The van der Waals surface area contributed by atoms with E-state index in [0.29, 0.717) is 41.9 Å². The Morgan fingerprint density at radius 3 is 2.53 bits per heavy atom. The molecule has 2 amide bonds. The van der Waals surface area contributed by atoms with Gasteiger partial charge in [0, 0.05) is 42.1 Å². The molecule has 1 aliphatic rings. The number of nitrogens with zero attached hydrogens (tertiary/aromatic N) is 1. The Kier molecular flexibility index (Phi) is 7.16. The number of carbonyl (C=O) groups is 2. The van der Waals surface area contributed by atoms with Crippen LogP contribution in [0, 0.1) is 0 Å². The van der Waals surface area contributed by atoms with Crippen molar-refractivity contribution in [2.75, 3.05) is 10.2 Å². The van der Waals surface area contributed by atoms with Crippen LogP contribution in [0.3, 0.4) is 0 Å². The lowest BCUT2D eigenvalue weighted by Crippen LogP contribution is -2.56. The number of alkyl halides is 2. The third-order valence-electron chi connectivity index (χ3n) is 5.53. The molecule has 5 nitrogen and oxygen atoms in total. The molecule has 2 aromatic carbocycles. The summed E-state index contributed by atoms with van der Waals surface area (Å²) < 4.78 is 26.8. The molecule has 7 heteroatoms. The SMILES string of the molecule is CC(F)Cc1cccc(N(C=O)c2ccc(C(=O)NC3(C)CC(F)C3)cc2NC(C)C)c1. The van der Waals surface area contributed by atoms with Crippen LogP contribution in [-0.2, 0) is 11.2 Å². The van der Waals surface area contributed by atoms with E-state index in [1.54, 1.807) is 36.4 Å². The first-order valence-electron chi connectivity index (χ1n) is 10.9. The highest BCUT2D eigenvalue weighted by atomic mass is 19.1. The number of hydrogen-bond acceptors (Lipinski definition) is 3. The summed E-state index contributed by atoms with van der Waals surface area (Å²) in [6.07, 6.45) is -0.291. The van der Waals surface area contributed by atoms with E-state index in [-0.39, 0.29) is 18.4 Å². The molecular formula is C25H31F2N3O2. The lowest BCUT2D eigenvalue weighted by atomic mass is 9.76. The molecule has 1 atom stereocenters. The molecule has 0 radical (unpaired) electrons. The second-order valence-corrected chi connectivity index (χ2v) is 9.18. The molecule has 1 fully saturated rings. The van der Waals surface area contributed by atoms with Gasteiger partial charge >= 0.3 is 0 Å². The Bertz CT molecular complexity index is 971. The molecule has 0 spiro atoms. The van der Waals surface area contributed by atoms with Crippen molar-refractivity contribution in [1.82, 2.24) is 5.32 Å². The minimum absolute atomic E-state index is 0.0516. The maximum Gasteiger partial charge on any atom is 0.251 e. The molecule has 172 valence electrons. The van der Waals surface area contributed by atoms with Gasteiger partial charge in [0.25, 0.3) is 5.91 Å². The molecule has 0 saturated heterocycles. The Labute approximate surface area is 188 Å². The quantitative estimate of drug-likeness (QED) is 0.516. The summed E-state index contributed by atoms with van der Waals surface area (Å²) in [5.74, 6) is -0.283. The van der Waals surface area contributed by atoms with Gasteiger partial charge in [0.15, 0.2) is 0 Å². The lowest BCUT2D eigenvalue weighted by molar-refractivity contribution is -0.106. The highest BCUT2D eigenvalue weighted by Gasteiger charge is 2.41. The molecule has 0 aromatic heterocycles. The van der Waals surface area contributed by atoms with Gasteiger partial charge in [0.2, 0.25) is 6.41 Å². The van der Waals surface area contributed by atoms with E-state index >= 15 is 0 Å². The number of nitrogens with one attached hydrogen (secondary N) is 2. The largest absolute Gasteiger partial charge is 0.381 e. The fraction of sp³-hybridized carbons (Fsp3) is 0.440. The molecule has 1 aliphatic carbocycles. The van der Waals surface area contributed by atoms with E-state index < -0.39 is 17.9 Å². The zero-order valence-corrected chi connectivity index (χ0v) is 19.0. The number of carbonyl (C=O) groups excluding carboxylic acids is 2. The third-order valence-corrected chi connectivity index (χ3v) is 5.53. The van der Waals surface area contributed by atoms with E-state index in [1.807, 2.05) is 26.8 Å².